The Bertz CT molecular complexity index is 1650. The van der Waals surface area contributed by atoms with Crippen LogP contribution in [0, 0.1) is 13.8 Å². The number of aromatic carboxylic acids is 1. The lowest BCUT2D eigenvalue weighted by molar-refractivity contribution is -0.119. The summed E-state index contributed by atoms with van der Waals surface area (Å²) in [6.45, 7) is 3.82. The van der Waals surface area contributed by atoms with Gasteiger partial charge in [0.1, 0.15) is 12.4 Å². The first kappa shape index (κ1) is 28.8. The van der Waals surface area contributed by atoms with Crippen LogP contribution in [-0.4, -0.2) is 52.5 Å². The summed E-state index contributed by atoms with van der Waals surface area (Å²) in [5.41, 5.74) is 5.45. The van der Waals surface area contributed by atoms with Crippen LogP contribution < -0.4 is 20.3 Å². The molecule has 3 heterocycles. The van der Waals surface area contributed by atoms with Crippen LogP contribution in [-0.2, 0) is 9.53 Å². The number of carbonyl (C=O) groups is 2. The van der Waals surface area contributed by atoms with Crippen LogP contribution in [0.15, 0.2) is 72.9 Å². The molecule has 0 bridgehead atoms. The first-order valence-electron chi connectivity index (χ1n) is 13.2. The van der Waals surface area contributed by atoms with Gasteiger partial charge in [-0.25, -0.2) is 4.79 Å². The minimum absolute atomic E-state index is 0.106. The third kappa shape index (κ3) is 5.31. The number of carboxylic acids is 1. The summed E-state index contributed by atoms with van der Waals surface area (Å²) in [4.78, 5) is 31.1. The molecular formula is C31H31N5O5S. The molecule has 1 aliphatic rings. The minimum Gasteiger partial charge on any atom is -0.495 e. The number of amides is 1. The van der Waals surface area contributed by atoms with Gasteiger partial charge in [0.25, 0.3) is 0 Å². The summed E-state index contributed by atoms with van der Waals surface area (Å²) in [7, 11) is 2.99. The molecule has 0 unspecified atom stereocenters. The van der Waals surface area contributed by atoms with Crippen molar-refractivity contribution in [1.82, 2.24) is 14.9 Å². The maximum Gasteiger partial charge on any atom is 0.337 e. The van der Waals surface area contributed by atoms with Gasteiger partial charge in [-0.3, -0.25) is 9.78 Å². The molecule has 2 aromatic carbocycles. The zero-order valence-corrected chi connectivity index (χ0v) is 24.4. The van der Waals surface area contributed by atoms with Crippen molar-refractivity contribution < 1.29 is 24.2 Å². The van der Waals surface area contributed by atoms with Crippen molar-refractivity contribution >= 4 is 40.6 Å². The van der Waals surface area contributed by atoms with E-state index in [0.29, 0.717) is 22.2 Å². The van der Waals surface area contributed by atoms with Crippen molar-refractivity contribution in [3.05, 3.63) is 101 Å². The smallest absolute Gasteiger partial charge is 0.337 e. The van der Waals surface area contributed by atoms with Gasteiger partial charge in [0.15, 0.2) is 5.11 Å². The number of carboxylic acid groups (broad SMARTS) is 1. The van der Waals surface area contributed by atoms with Gasteiger partial charge < -0.3 is 34.7 Å². The van der Waals surface area contributed by atoms with Gasteiger partial charge in [-0.05, 0) is 80.2 Å². The quantitative estimate of drug-likeness (QED) is 0.234. The first-order chi connectivity index (χ1) is 20.2. The molecule has 1 saturated heterocycles. The van der Waals surface area contributed by atoms with Crippen LogP contribution in [0.25, 0.3) is 5.69 Å². The number of thiocarbonyl (C=S) groups is 1. The molecule has 2 atom stereocenters. The van der Waals surface area contributed by atoms with E-state index >= 15 is 0 Å². The van der Waals surface area contributed by atoms with E-state index < -0.39 is 5.97 Å². The Hall–Kier alpha value is -4.74. The van der Waals surface area contributed by atoms with E-state index in [0.717, 1.165) is 28.3 Å². The number of ether oxygens (including phenoxy) is 2. The first-order valence-corrected chi connectivity index (χ1v) is 13.6. The maximum absolute atomic E-state index is 12.4. The number of carbonyl (C=O) groups excluding carboxylic acids is 1. The Balaban J connectivity index is 1.67. The minimum atomic E-state index is -1.00. The summed E-state index contributed by atoms with van der Waals surface area (Å²) in [6, 6.07) is 19.5. The monoisotopic (exact) mass is 585 g/mol. The number of rotatable bonds is 9. The van der Waals surface area contributed by atoms with Gasteiger partial charge in [0.05, 0.1) is 41.8 Å². The lowest BCUT2D eigenvalue weighted by Crippen LogP contribution is -2.29. The number of methoxy groups -OCH3 is 2. The van der Waals surface area contributed by atoms with Gasteiger partial charge in [-0.15, -0.1) is 0 Å². The number of anilines is 2. The number of hydrogen-bond acceptors (Lipinski definition) is 6. The molecule has 4 aromatic rings. The number of nitrogens with zero attached hydrogens (tertiary/aromatic N) is 3. The zero-order valence-electron chi connectivity index (χ0n) is 23.6. The van der Waals surface area contributed by atoms with E-state index in [1.165, 1.54) is 14.2 Å². The van der Waals surface area contributed by atoms with Crippen LogP contribution in [0.1, 0.15) is 45.1 Å². The number of aryl methyl sites for hydroxylation is 1. The van der Waals surface area contributed by atoms with E-state index in [-0.39, 0.29) is 30.2 Å². The van der Waals surface area contributed by atoms with Gasteiger partial charge in [0.2, 0.25) is 5.91 Å². The van der Waals surface area contributed by atoms with Crippen LogP contribution in [0.2, 0.25) is 0 Å². The van der Waals surface area contributed by atoms with Gasteiger partial charge in [0, 0.05) is 30.4 Å². The topological polar surface area (TPSA) is 118 Å². The molecule has 42 heavy (non-hydrogen) atoms. The highest BCUT2D eigenvalue weighted by atomic mass is 32.1. The van der Waals surface area contributed by atoms with E-state index in [2.05, 4.69) is 21.7 Å². The van der Waals surface area contributed by atoms with Crippen molar-refractivity contribution in [2.45, 2.75) is 25.9 Å². The second-order valence-electron chi connectivity index (χ2n) is 9.85. The summed E-state index contributed by atoms with van der Waals surface area (Å²) in [5, 5.41) is 16.7. The van der Waals surface area contributed by atoms with E-state index in [1.807, 2.05) is 59.7 Å². The molecule has 0 saturated carbocycles. The highest BCUT2D eigenvalue weighted by Gasteiger charge is 2.42. The normalized spacial score (nSPS) is 16.3. The molecule has 3 N–H and O–H groups in total. The lowest BCUT2D eigenvalue weighted by atomic mass is 9.96. The zero-order chi connectivity index (χ0) is 30.0. The molecule has 0 radical (unpaired) electrons. The summed E-state index contributed by atoms with van der Waals surface area (Å²) in [5.74, 6) is -0.834. The second-order valence-corrected chi connectivity index (χ2v) is 10.2. The van der Waals surface area contributed by atoms with Crippen molar-refractivity contribution in [1.29, 1.82) is 0 Å². The number of nitrogens with one attached hydrogen (secondary N) is 2. The number of pyridine rings is 1. The highest BCUT2D eigenvalue weighted by molar-refractivity contribution is 7.80. The number of aromatic nitrogens is 2. The number of benzene rings is 2. The van der Waals surface area contributed by atoms with Crippen molar-refractivity contribution in [3.8, 4) is 11.4 Å². The Morgan fingerprint density at radius 1 is 1.07 bits per heavy atom. The molecular weight excluding hydrogens is 554 g/mol. The van der Waals surface area contributed by atoms with Gasteiger partial charge in [-0.1, -0.05) is 18.2 Å². The predicted octanol–water partition coefficient (Wildman–Crippen LogP) is 4.96. The predicted molar refractivity (Wildman–Crippen MR) is 164 cm³/mol. The molecule has 0 aliphatic carbocycles. The molecule has 1 aliphatic heterocycles. The third-order valence-electron chi connectivity index (χ3n) is 7.27. The Morgan fingerprint density at radius 3 is 2.52 bits per heavy atom. The average molecular weight is 586 g/mol. The molecule has 1 fully saturated rings. The van der Waals surface area contributed by atoms with Crippen LogP contribution >= 0.6 is 12.2 Å². The average Bonchev–Trinajstić information content (AvgIpc) is 3.48. The van der Waals surface area contributed by atoms with Crippen molar-refractivity contribution in [2.75, 3.05) is 31.0 Å². The lowest BCUT2D eigenvalue weighted by Gasteiger charge is -2.29. The summed E-state index contributed by atoms with van der Waals surface area (Å²) in [6.07, 6.45) is 1.74. The fourth-order valence-corrected chi connectivity index (χ4v) is 5.86. The molecule has 216 valence electrons. The summed E-state index contributed by atoms with van der Waals surface area (Å²) < 4.78 is 12.4. The molecule has 10 nitrogen and oxygen atoms in total. The largest absolute Gasteiger partial charge is 0.495 e. The Labute approximate surface area is 248 Å². The van der Waals surface area contributed by atoms with Crippen molar-refractivity contribution in [2.24, 2.45) is 0 Å². The maximum atomic E-state index is 12.4. The van der Waals surface area contributed by atoms with Crippen LogP contribution in [0.4, 0.5) is 11.4 Å². The SMILES string of the molecule is COCC(=O)Nc1cc(N2C(=S)N[C@@H](c3ccccn3)[C@H]2c2cc(C)n(-c3ccccc3C(=O)O)c2C)ccc1OC. The van der Waals surface area contributed by atoms with Crippen LogP contribution in [0.3, 0.4) is 0 Å². The van der Waals surface area contributed by atoms with Crippen molar-refractivity contribution in [3.63, 3.8) is 0 Å². The highest BCUT2D eigenvalue weighted by Crippen LogP contribution is 2.45. The molecule has 11 heteroatoms. The second kappa shape index (κ2) is 12.0. The third-order valence-corrected chi connectivity index (χ3v) is 7.59. The summed E-state index contributed by atoms with van der Waals surface area (Å²) >= 11 is 5.91. The Morgan fingerprint density at radius 2 is 1.83 bits per heavy atom. The van der Waals surface area contributed by atoms with E-state index in [1.54, 1.807) is 30.5 Å². The van der Waals surface area contributed by atoms with Crippen LogP contribution in [0.5, 0.6) is 5.75 Å². The molecule has 5 rings (SSSR count). The fraction of sp³-hybridized carbons (Fsp3) is 0.226. The molecule has 2 aromatic heterocycles. The fourth-order valence-electron chi connectivity index (χ4n) is 5.52. The van der Waals surface area contributed by atoms with Gasteiger partial charge in [-0.2, -0.15) is 0 Å². The Kier molecular flexibility index (Phi) is 8.23. The van der Waals surface area contributed by atoms with E-state index in [4.69, 9.17) is 21.7 Å². The standard InChI is InChI=1S/C31H31N5O5S/c1-18-15-22(19(2)35(18)25-11-6-5-9-21(25)30(38)39)29-28(23-10-7-8-14-32-23)34-31(42)36(29)20-12-13-26(41-4)24(16-20)33-27(37)17-40-3/h5-16,28-29H,17H2,1-4H3,(H,33,37)(H,34,42)(H,38,39)/t28-,29+/m0/s1. The number of hydrogen-bond donors (Lipinski definition) is 3. The number of para-hydroxylation sites is 1. The molecule has 0 spiro atoms. The van der Waals surface area contributed by atoms with E-state index in [9.17, 15) is 14.7 Å². The molecule has 1 amide bonds. The van der Waals surface area contributed by atoms with Gasteiger partial charge >= 0.3 is 5.97 Å².